The normalized spacial score (nSPS) is 12.5. The fourth-order valence-electron chi connectivity index (χ4n) is 1.83. The van der Waals surface area contributed by atoms with Crippen molar-refractivity contribution in [3.05, 3.63) is 69.4 Å². The van der Waals surface area contributed by atoms with Crippen LogP contribution in [0.5, 0.6) is 0 Å². The number of benzene rings is 2. The second-order valence-electron chi connectivity index (χ2n) is 4.16. The lowest BCUT2D eigenvalue weighted by Crippen LogP contribution is -2.05. The highest BCUT2D eigenvalue weighted by Crippen LogP contribution is 2.24. The summed E-state index contributed by atoms with van der Waals surface area (Å²) in [6.45, 7) is 0. The van der Waals surface area contributed by atoms with Crippen molar-refractivity contribution in [2.75, 3.05) is 0 Å². The van der Waals surface area contributed by atoms with Crippen molar-refractivity contribution >= 4 is 15.9 Å². The summed E-state index contributed by atoms with van der Waals surface area (Å²) in [4.78, 5) is 0. The Morgan fingerprint density at radius 2 is 1.74 bits per heavy atom. The van der Waals surface area contributed by atoms with Gasteiger partial charge in [0.25, 0.3) is 0 Å². The molecule has 19 heavy (non-hydrogen) atoms. The Hall–Kier alpha value is -1.33. The van der Waals surface area contributed by atoms with Crippen LogP contribution in [-0.4, -0.2) is 5.11 Å². The standard InChI is InChI=1S/C14H10BrF3O/c15-9-3-8(4-11(17)6-9)5-14(19)12-7-10(16)1-2-13(12)18/h1-4,6-7,14,19H,5H2. The Bertz CT molecular complexity index is 581. The molecule has 0 heterocycles. The van der Waals surface area contributed by atoms with E-state index in [1.54, 1.807) is 6.07 Å². The van der Waals surface area contributed by atoms with E-state index in [1.165, 1.54) is 12.1 Å². The van der Waals surface area contributed by atoms with Crippen molar-refractivity contribution in [1.82, 2.24) is 0 Å². The maximum atomic E-state index is 13.5. The van der Waals surface area contributed by atoms with E-state index >= 15 is 0 Å². The molecule has 0 saturated heterocycles. The molecule has 0 aliphatic rings. The second kappa shape index (κ2) is 5.75. The largest absolute Gasteiger partial charge is 0.388 e. The van der Waals surface area contributed by atoms with Crippen LogP contribution in [-0.2, 0) is 6.42 Å². The van der Waals surface area contributed by atoms with Gasteiger partial charge in [-0.2, -0.15) is 0 Å². The minimum atomic E-state index is -1.23. The van der Waals surface area contributed by atoms with Gasteiger partial charge in [0.2, 0.25) is 0 Å². The molecule has 2 aromatic carbocycles. The van der Waals surface area contributed by atoms with Gasteiger partial charge in [0.15, 0.2) is 0 Å². The summed E-state index contributed by atoms with van der Waals surface area (Å²) in [5.74, 6) is -1.78. The van der Waals surface area contributed by atoms with Crippen LogP contribution in [0.3, 0.4) is 0 Å². The van der Waals surface area contributed by atoms with Crippen LogP contribution in [0.4, 0.5) is 13.2 Å². The van der Waals surface area contributed by atoms with Crippen LogP contribution in [0.1, 0.15) is 17.2 Å². The fraction of sp³-hybridized carbons (Fsp3) is 0.143. The third-order valence-electron chi connectivity index (χ3n) is 2.67. The first kappa shape index (κ1) is 14.1. The minimum absolute atomic E-state index is 0.00324. The second-order valence-corrected chi connectivity index (χ2v) is 5.08. The first-order valence-electron chi connectivity index (χ1n) is 5.53. The van der Waals surface area contributed by atoms with Crippen molar-refractivity contribution in [3.63, 3.8) is 0 Å². The van der Waals surface area contributed by atoms with E-state index in [1.807, 2.05) is 0 Å². The summed E-state index contributed by atoms with van der Waals surface area (Å²) in [6.07, 6.45) is -1.24. The smallest absolute Gasteiger partial charge is 0.129 e. The molecule has 0 saturated carbocycles. The Morgan fingerprint density at radius 3 is 2.42 bits per heavy atom. The van der Waals surface area contributed by atoms with Crippen LogP contribution in [0.15, 0.2) is 40.9 Å². The molecule has 1 atom stereocenters. The van der Waals surface area contributed by atoms with Crippen LogP contribution in [0.2, 0.25) is 0 Å². The first-order valence-corrected chi connectivity index (χ1v) is 6.33. The van der Waals surface area contributed by atoms with Gasteiger partial charge >= 0.3 is 0 Å². The zero-order valence-electron chi connectivity index (χ0n) is 9.71. The summed E-state index contributed by atoms with van der Waals surface area (Å²) in [7, 11) is 0. The molecule has 1 unspecified atom stereocenters. The number of aliphatic hydroxyl groups excluding tert-OH is 1. The summed E-state index contributed by atoms with van der Waals surface area (Å²) in [6, 6.07) is 7.00. The molecular weight excluding hydrogens is 321 g/mol. The van der Waals surface area contributed by atoms with E-state index in [9.17, 15) is 18.3 Å². The fourth-order valence-corrected chi connectivity index (χ4v) is 2.34. The number of hydrogen-bond acceptors (Lipinski definition) is 1. The quantitative estimate of drug-likeness (QED) is 0.896. The molecule has 0 spiro atoms. The highest BCUT2D eigenvalue weighted by molar-refractivity contribution is 9.10. The van der Waals surface area contributed by atoms with Gasteiger partial charge in [0.1, 0.15) is 17.5 Å². The molecule has 0 radical (unpaired) electrons. The molecule has 100 valence electrons. The van der Waals surface area contributed by atoms with Gasteiger partial charge in [0, 0.05) is 16.5 Å². The Balaban J connectivity index is 2.25. The molecule has 2 rings (SSSR count). The van der Waals surface area contributed by atoms with Crippen LogP contribution >= 0.6 is 15.9 Å². The van der Waals surface area contributed by atoms with Crippen molar-refractivity contribution in [2.24, 2.45) is 0 Å². The number of rotatable bonds is 3. The molecule has 0 aliphatic heterocycles. The molecule has 0 bridgehead atoms. The first-order chi connectivity index (χ1) is 8.95. The monoisotopic (exact) mass is 330 g/mol. The van der Waals surface area contributed by atoms with Gasteiger partial charge in [-0.3, -0.25) is 0 Å². The Labute approximate surface area is 116 Å². The van der Waals surface area contributed by atoms with Crippen LogP contribution in [0, 0.1) is 17.5 Å². The van der Waals surface area contributed by atoms with E-state index in [0.29, 0.717) is 10.0 Å². The van der Waals surface area contributed by atoms with Crippen molar-refractivity contribution in [3.8, 4) is 0 Å². The average Bonchev–Trinajstić information content (AvgIpc) is 2.30. The number of hydrogen-bond donors (Lipinski definition) is 1. The summed E-state index contributed by atoms with van der Waals surface area (Å²) < 4.78 is 40.2. The lowest BCUT2D eigenvalue weighted by molar-refractivity contribution is 0.173. The van der Waals surface area contributed by atoms with Gasteiger partial charge < -0.3 is 5.11 Å². The van der Waals surface area contributed by atoms with Crippen molar-refractivity contribution < 1.29 is 18.3 Å². The van der Waals surface area contributed by atoms with Gasteiger partial charge in [-0.05, 0) is 42.0 Å². The minimum Gasteiger partial charge on any atom is -0.388 e. The maximum absolute atomic E-state index is 13.5. The van der Waals surface area contributed by atoms with Crippen LogP contribution in [0.25, 0.3) is 0 Å². The third kappa shape index (κ3) is 3.58. The molecular formula is C14H10BrF3O. The summed E-state index contributed by atoms with van der Waals surface area (Å²) >= 11 is 3.13. The summed E-state index contributed by atoms with van der Waals surface area (Å²) in [5.41, 5.74) is 0.350. The van der Waals surface area contributed by atoms with Crippen molar-refractivity contribution in [2.45, 2.75) is 12.5 Å². The average molecular weight is 331 g/mol. The number of aliphatic hydroxyl groups is 1. The summed E-state index contributed by atoms with van der Waals surface area (Å²) in [5, 5.41) is 9.92. The topological polar surface area (TPSA) is 20.2 Å². The van der Waals surface area contributed by atoms with E-state index in [-0.39, 0.29) is 12.0 Å². The van der Waals surface area contributed by atoms with Crippen LogP contribution < -0.4 is 0 Å². The molecule has 0 aliphatic carbocycles. The highest BCUT2D eigenvalue weighted by atomic mass is 79.9. The molecule has 0 aromatic heterocycles. The zero-order chi connectivity index (χ0) is 14.0. The molecule has 1 nitrogen and oxygen atoms in total. The van der Waals surface area contributed by atoms with E-state index < -0.39 is 23.6 Å². The van der Waals surface area contributed by atoms with E-state index in [2.05, 4.69) is 15.9 Å². The number of halogens is 4. The predicted molar refractivity (Wildman–Crippen MR) is 69.1 cm³/mol. The van der Waals surface area contributed by atoms with Gasteiger partial charge in [-0.15, -0.1) is 0 Å². The lowest BCUT2D eigenvalue weighted by Gasteiger charge is -2.12. The SMILES string of the molecule is OC(Cc1cc(F)cc(Br)c1)c1cc(F)ccc1F. The van der Waals surface area contributed by atoms with Gasteiger partial charge in [0.05, 0.1) is 6.10 Å². The molecule has 0 amide bonds. The zero-order valence-corrected chi connectivity index (χ0v) is 11.3. The molecule has 2 aromatic rings. The molecule has 5 heteroatoms. The highest BCUT2D eigenvalue weighted by Gasteiger charge is 2.15. The maximum Gasteiger partial charge on any atom is 0.129 e. The van der Waals surface area contributed by atoms with Gasteiger partial charge in [-0.25, -0.2) is 13.2 Å². The predicted octanol–water partition coefficient (Wildman–Crippen LogP) is 4.14. The van der Waals surface area contributed by atoms with E-state index in [4.69, 9.17) is 0 Å². The Morgan fingerprint density at radius 1 is 1.00 bits per heavy atom. The third-order valence-corrected chi connectivity index (χ3v) is 3.13. The van der Waals surface area contributed by atoms with Gasteiger partial charge in [-0.1, -0.05) is 15.9 Å². The lowest BCUT2D eigenvalue weighted by atomic mass is 10.0. The molecule has 1 N–H and O–H groups in total. The van der Waals surface area contributed by atoms with E-state index in [0.717, 1.165) is 18.2 Å². The Kier molecular flexibility index (Phi) is 4.27. The molecule has 0 fully saturated rings. The van der Waals surface area contributed by atoms with Crippen molar-refractivity contribution in [1.29, 1.82) is 0 Å².